The molecule has 0 aliphatic rings. The van der Waals surface area contributed by atoms with E-state index in [9.17, 15) is 9.59 Å². The molecule has 0 bridgehead atoms. The van der Waals surface area contributed by atoms with Gasteiger partial charge in [0.05, 0.1) is 6.61 Å². The molecule has 0 heterocycles. The van der Waals surface area contributed by atoms with E-state index in [0.717, 1.165) is 0 Å². The number of carbonyl (C=O) groups excluding carboxylic acids is 2. The monoisotopic (exact) mass is 266 g/mol. The average molecular weight is 265 g/mol. The van der Waals surface area contributed by atoms with Gasteiger partial charge in [0.25, 0.3) is 0 Å². The summed E-state index contributed by atoms with van der Waals surface area (Å²) in [6.45, 7) is 3.40. The van der Waals surface area contributed by atoms with Gasteiger partial charge in [-0.2, -0.15) is 0 Å². The molecule has 0 aliphatic carbocycles. The molecule has 0 spiro atoms. The first-order chi connectivity index (χ1) is 5.16. The van der Waals surface area contributed by atoms with Gasteiger partial charge in [0.1, 0.15) is 12.2 Å². The van der Waals surface area contributed by atoms with Crippen molar-refractivity contribution in [2.75, 3.05) is 6.61 Å². The van der Waals surface area contributed by atoms with Gasteiger partial charge in [0.2, 0.25) is 0 Å². The molecule has 0 atom stereocenters. The van der Waals surface area contributed by atoms with Crippen LogP contribution in [0.4, 0.5) is 0 Å². The molecular weight excluding hydrogens is 255 g/mol. The Morgan fingerprint density at radius 3 is 2.09 bits per heavy atom. The number of ether oxygens (including phenoxy) is 1. The van der Waals surface area contributed by atoms with Crippen LogP contribution >= 0.6 is 0 Å². The molecule has 0 amide bonds. The number of Topliss-reactive ketones (excluding diaryl/α,β-unsaturated/α-hetero) is 1. The van der Waals surface area contributed by atoms with Crippen molar-refractivity contribution in [2.45, 2.75) is 20.3 Å². The minimum atomic E-state index is -0.440. The van der Waals surface area contributed by atoms with E-state index >= 15 is 0 Å². The van der Waals surface area contributed by atoms with Gasteiger partial charge in [-0.05, 0) is 13.8 Å². The van der Waals surface area contributed by atoms with E-state index in [0.29, 0.717) is 29.1 Å². The first-order valence-corrected chi connectivity index (χ1v) is 4.18. The van der Waals surface area contributed by atoms with Crippen LogP contribution in [0.25, 0.3) is 0 Å². The van der Waals surface area contributed by atoms with Crippen LogP contribution in [0.2, 0.25) is 0 Å². The van der Waals surface area contributed by atoms with E-state index in [1.807, 2.05) is 0 Å². The number of ketones is 1. The van der Waals surface area contributed by atoms with Crippen LogP contribution in [0.15, 0.2) is 0 Å². The molecule has 2 radical (unpaired) electrons. The van der Waals surface area contributed by atoms with E-state index in [2.05, 4.69) is 4.74 Å². The SMILES string of the molecule is CCOC(=O)CC(C)=O.[O]=[Sn]. The maximum atomic E-state index is 10.4. The molecule has 5 heteroatoms. The fourth-order valence-electron chi connectivity index (χ4n) is 0.415. The van der Waals surface area contributed by atoms with Crippen LogP contribution in [0, 0.1) is 0 Å². The van der Waals surface area contributed by atoms with E-state index in [-0.39, 0.29) is 12.2 Å². The van der Waals surface area contributed by atoms with Crippen LogP contribution in [0.5, 0.6) is 0 Å². The van der Waals surface area contributed by atoms with Crippen molar-refractivity contribution in [1.82, 2.24) is 0 Å². The second-order valence-electron chi connectivity index (χ2n) is 1.68. The van der Waals surface area contributed by atoms with E-state index in [1.54, 1.807) is 6.92 Å². The van der Waals surface area contributed by atoms with Gasteiger partial charge < -0.3 is 4.74 Å². The first kappa shape index (κ1) is 13.3. The van der Waals surface area contributed by atoms with Gasteiger partial charge in [-0.1, -0.05) is 0 Å². The van der Waals surface area contributed by atoms with Crippen molar-refractivity contribution in [3.05, 3.63) is 0 Å². The Hall–Kier alpha value is -0.261. The third-order valence-corrected chi connectivity index (χ3v) is 0.699. The molecule has 0 fully saturated rings. The van der Waals surface area contributed by atoms with Crippen molar-refractivity contribution in [3.63, 3.8) is 0 Å². The molecule has 62 valence electrons. The topological polar surface area (TPSA) is 60.4 Å². The molecule has 0 N–H and O–H groups in total. The molecular formula is C6H10O4Sn. The summed E-state index contributed by atoms with van der Waals surface area (Å²) < 4.78 is 12.8. The van der Waals surface area contributed by atoms with Gasteiger partial charge in [-0.3, -0.25) is 9.59 Å². The van der Waals surface area contributed by atoms with Gasteiger partial charge in [-0.15, -0.1) is 0 Å². The number of hydrogen-bond donors (Lipinski definition) is 0. The molecule has 0 unspecified atom stereocenters. The average Bonchev–Trinajstić information content (AvgIpc) is 1.91. The molecule has 4 nitrogen and oxygen atoms in total. The van der Waals surface area contributed by atoms with E-state index < -0.39 is 5.97 Å². The number of hydrogen-bond acceptors (Lipinski definition) is 4. The molecule has 0 aliphatic heterocycles. The predicted molar refractivity (Wildman–Crippen MR) is 38.4 cm³/mol. The Morgan fingerprint density at radius 2 is 1.82 bits per heavy atom. The Morgan fingerprint density at radius 1 is 1.36 bits per heavy atom. The van der Waals surface area contributed by atoms with Gasteiger partial charge in [0.15, 0.2) is 0 Å². The third-order valence-electron chi connectivity index (χ3n) is 0.699. The van der Waals surface area contributed by atoms with Crippen LogP contribution < -0.4 is 0 Å². The van der Waals surface area contributed by atoms with Gasteiger partial charge in [-0.25, -0.2) is 0 Å². The summed E-state index contributed by atoms with van der Waals surface area (Å²) in [7, 11) is 0. The van der Waals surface area contributed by atoms with Crippen LogP contribution in [0.3, 0.4) is 0 Å². The number of carbonyl (C=O) groups is 2. The van der Waals surface area contributed by atoms with Crippen LogP contribution in [0.1, 0.15) is 20.3 Å². The Labute approximate surface area is 78.8 Å². The Bertz CT molecular complexity index is 135. The second kappa shape index (κ2) is 9.74. The summed E-state index contributed by atoms with van der Waals surface area (Å²) in [5, 5.41) is 0. The molecule has 11 heavy (non-hydrogen) atoms. The summed E-state index contributed by atoms with van der Waals surface area (Å²) >= 11 is 0.300. The third kappa shape index (κ3) is 12.8. The molecule has 0 aromatic carbocycles. The zero-order chi connectivity index (χ0) is 9.28. The van der Waals surface area contributed by atoms with Crippen molar-refractivity contribution in [2.24, 2.45) is 0 Å². The van der Waals surface area contributed by atoms with Crippen molar-refractivity contribution < 1.29 is 17.4 Å². The first-order valence-electron chi connectivity index (χ1n) is 3.02. The number of rotatable bonds is 3. The zero-order valence-corrected chi connectivity index (χ0v) is 9.40. The van der Waals surface area contributed by atoms with E-state index in [1.165, 1.54) is 6.92 Å². The van der Waals surface area contributed by atoms with Crippen LogP contribution in [-0.4, -0.2) is 40.9 Å². The maximum absolute atomic E-state index is 10.4. The summed E-state index contributed by atoms with van der Waals surface area (Å²) in [5.41, 5.74) is 0. The molecule has 0 saturated carbocycles. The van der Waals surface area contributed by atoms with Crippen molar-refractivity contribution in [1.29, 1.82) is 0 Å². The molecule has 0 aromatic rings. The van der Waals surface area contributed by atoms with Crippen molar-refractivity contribution >= 4 is 34.3 Å². The quantitative estimate of drug-likeness (QED) is 0.410. The van der Waals surface area contributed by atoms with Gasteiger partial charge in [0, 0.05) is 0 Å². The summed E-state index contributed by atoms with van der Waals surface area (Å²) in [6.07, 6.45) is -0.103. The zero-order valence-electron chi connectivity index (χ0n) is 6.55. The fraction of sp³-hybridized carbons (Fsp3) is 0.667. The second-order valence-corrected chi connectivity index (χ2v) is 1.68. The molecule has 0 aromatic heterocycles. The van der Waals surface area contributed by atoms with Crippen molar-refractivity contribution in [3.8, 4) is 0 Å². The summed E-state index contributed by atoms with van der Waals surface area (Å²) in [5.74, 6) is -0.599. The van der Waals surface area contributed by atoms with Crippen LogP contribution in [-0.2, 0) is 17.4 Å². The standard InChI is InChI=1S/C6H10O3.O.Sn/c1-3-9-6(8)4-5(2)7;;/h3-4H2,1-2H3;;. The Kier molecular flexibility index (Phi) is 11.8. The predicted octanol–water partition coefficient (Wildman–Crippen LogP) is 0.0290. The molecule has 0 saturated heterocycles. The molecule has 0 rings (SSSR count). The summed E-state index contributed by atoms with van der Waals surface area (Å²) in [6, 6.07) is 0. The normalized spacial score (nSPS) is 7.45. The minimum absolute atomic E-state index is 0.103. The van der Waals surface area contributed by atoms with Gasteiger partial charge >= 0.3 is 31.6 Å². The van der Waals surface area contributed by atoms with E-state index in [4.69, 9.17) is 3.08 Å². The Balaban J connectivity index is 0. The number of esters is 1. The summed E-state index contributed by atoms with van der Waals surface area (Å²) in [4.78, 5) is 20.6. The fourth-order valence-corrected chi connectivity index (χ4v) is 0.415.